The van der Waals surface area contributed by atoms with E-state index in [2.05, 4.69) is 26.1 Å². The minimum Gasteiger partial charge on any atom is -0.462 e. The van der Waals surface area contributed by atoms with Crippen molar-refractivity contribution in [3.8, 4) is 0 Å². The summed E-state index contributed by atoms with van der Waals surface area (Å²) in [5.41, 5.74) is 0. The van der Waals surface area contributed by atoms with Gasteiger partial charge in [-0.25, -0.2) is 0 Å². The fraction of sp³-hybridized carbons (Fsp3) is 0.946. The number of carbonyl (C=O) groups is 2. The third-order valence-corrected chi connectivity index (χ3v) is 8.41. The van der Waals surface area contributed by atoms with Gasteiger partial charge >= 0.3 is 5.97 Å². The Morgan fingerprint density at radius 2 is 0.854 bits per heavy atom. The van der Waals surface area contributed by atoms with E-state index >= 15 is 0 Å². The Kier molecular flexibility index (Phi) is 32.6. The highest BCUT2D eigenvalue weighted by molar-refractivity contribution is 5.75. The molecule has 1 amide bonds. The van der Waals surface area contributed by atoms with E-state index in [1.807, 2.05) is 0 Å². The number of esters is 1. The largest absolute Gasteiger partial charge is 0.462 e. The standard InChI is InChI=1S/C37H73NO3/c1-4-7-9-11-13-15-17-18-20-22-24-26-28-33-37(40)41-35(31-29-32-36(39)38-34-6-3)30-27-25-23-21-19-16-14-12-10-8-5-2/h35H,4-34H2,1-3H3,(H,38,39). The summed E-state index contributed by atoms with van der Waals surface area (Å²) in [6.07, 6.45) is 36.2. The second-order valence-corrected chi connectivity index (χ2v) is 12.7. The van der Waals surface area contributed by atoms with E-state index in [1.54, 1.807) is 0 Å². The van der Waals surface area contributed by atoms with Crippen molar-refractivity contribution < 1.29 is 14.3 Å². The molecule has 0 fully saturated rings. The van der Waals surface area contributed by atoms with Gasteiger partial charge in [0.1, 0.15) is 6.10 Å². The molecule has 0 saturated carbocycles. The summed E-state index contributed by atoms with van der Waals surface area (Å²) in [5, 5.41) is 2.96. The molecule has 41 heavy (non-hydrogen) atoms. The number of hydrogen-bond acceptors (Lipinski definition) is 3. The summed E-state index contributed by atoms with van der Waals surface area (Å²) in [6, 6.07) is 0. The predicted octanol–water partition coefficient (Wildman–Crippen LogP) is 11.8. The summed E-state index contributed by atoms with van der Waals surface area (Å²) in [4.78, 5) is 24.6. The van der Waals surface area contributed by atoms with Gasteiger partial charge in [0.05, 0.1) is 0 Å². The minimum absolute atomic E-state index is 0.0259. The lowest BCUT2D eigenvalue weighted by Crippen LogP contribution is -2.24. The number of ether oxygens (including phenoxy) is 1. The zero-order valence-electron chi connectivity index (χ0n) is 28.2. The first-order valence-corrected chi connectivity index (χ1v) is 18.6. The lowest BCUT2D eigenvalue weighted by molar-refractivity contribution is -0.150. The molecular weight excluding hydrogens is 506 g/mol. The van der Waals surface area contributed by atoms with Crippen molar-refractivity contribution >= 4 is 11.9 Å². The van der Waals surface area contributed by atoms with Gasteiger partial charge in [0.25, 0.3) is 0 Å². The van der Waals surface area contributed by atoms with Gasteiger partial charge in [-0.3, -0.25) is 9.59 Å². The van der Waals surface area contributed by atoms with E-state index in [0.29, 0.717) is 12.8 Å². The molecule has 1 unspecified atom stereocenters. The zero-order valence-corrected chi connectivity index (χ0v) is 28.2. The Morgan fingerprint density at radius 1 is 0.463 bits per heavy atom. The van der Waals surface area contributed by atoms with Gasteiger partial charge in [-0.15, -0.1) is 0 Å². The molecule has 4 nitrogen and oxygen atoms in total. The Balaban J connectivity index is 4.01. The van der Waals surface area contributed by atoms with Gasteiger partial charge in [0.2, 0.25) is 5.91 Å². The van der Waals surface area contributed by atoms with Gasteiger partial charge < -0.3 is 10.1 Å². The van der Waals surface area contributed by atoms with Gasteiger partial charge in [0, 0.05) is 19.4 Å². The zero-order chi connectivity index (χ0) is 30.1. The topological polar surface area (TPSA) is 55.4 Å². The van der Waals surface area contributed by atoms with E-state index in [4.69, 9.17) is 4.74 Å². The molecule has 0 spiro atoms. The molecule has 0 bridgehead atoms. The smallest absolute Gasteiger partial charge is 0.306 e. The molecule has 0 aliphatic heterocycles. The van der Waals surface area contributed by atoms with Crippen LogP contribution >= 0.6 is 0 Å². The molecule has 0 aromatic heterocycles. The molecule has 0 rings (SSSR count). The van der Waals surface area contributed by atoms with E-state index in [-0.39, 0.29) is 18.0 Å². The van der Waals surface area contributed by atoms with E-state index in [1.165, 1.54) is 135 Å². The van der Waals surface area contributed by atoms with Crippen LogP contribution in [0.2, 0.25) is 0 Å². The Labute approximate surface area is 257 Å². The fourth-order valence-corrected chi connectivity index (χ4v) is 5.67. The summed E-state index contributed by atoms with van der Waals surface area (Å²) < 4.78 is 5.94. The van der Waals surface area contributed by atoms with Crippen molar-refractivity contribution in [2.24, 2.45) is 0 Å². The average Bonchev–Trinajstić information content (AvgIpc) is 2.97. The van der Waals surface area contributed by atoms with Crippen molar-refractivity contribution in [2.45, 2.75) is 219 Å². The highest BCUT2D eigenvalue weighted by Crippen LogP contribution is 2.18. The number of carbonyl (C=O) groups excluding carboxylic acids is 2. The van der Waals surface area contributed by atoms with Gasteiger partial charge in [-0.1, -0.05) is 162 Å². The van der Waals surface area contributed by atoms with Crippen LogP contribution in [0, 0.1) is 0 Å². The number of nitrogens with one attached hydrogen (secondary N) is 1. The molecule has 0 heterocycles. The maximum absolute atomic E-state index is 12.6. The molecule has 1 N–H and O–H groups in total. The maximum atomic E-state index is 12.6. The molecule has 4 heteroatoms. The SMILES string of the molecule is CCCCCCCCCCCCCCCC(=O)OC(CCCCCCCCCCCCC)CCCC(=O)NCCC. The van der Waals surface area contributed by atoms with Crippen LogP contribution in [0.15, 0.2) is 0 Å². The second-order valence-electron chi connectivity index (χ2n) is 12.7. The van der Waals surface area contributed by atoms with Crippen LogP contribution in [-0.2, 0) is 14.3 Å². The molecule has 0 aromatic rings. The molecule has 0 aliphatic rings. The summed E-state index contributed by atoms with van der Waals surface area (Å²) >= 11 is 0. The molecule has 0 radical (unpaired) electrons. The quantitative estimate of drug-likeness (QED) is 0.0621. The van der Waals surface area contributed by atoms with Crippen molar-refractivity contribution in [2.75, 3.05) is 6.54 Å². The summed E-state index contributed by atoms with van der Waals surface area (Å²) in [7, 11) is 0. The summed E-state index contributed by atoms with van der Waals surface area (Å²) in [6.45, 7) is 7.37. The molecule has 0 aromatic carbocycles. The lowest BCUT2D eigenvalue weighted by atomic mass is 10.0. The third kappa shape index (κ3) is 31.7. The normalized spacial score (nSPS) is 12.0. The second kappa shape index (κ2) is 33.4. The number of rotatable bonds is 33. The van der Waals surface area contributed by atoms with E-state index in [9.17, 15) is 9.59 Å². The average molecular weight is 580 g/mol. The van der Waals surface area contributed by atoms with Crippen LogP contribution in [0.25, 0.3) is 0 Å². The monoisotopic (exact) mass is 580 g/mol. The number of unbranched alkanes of at least 4 members (excludes halogenated alkanes) is 22. The van der Waals surface area contributed by atoms with Crippen LogP contribution in [0.5, 0.6) is 0 Å². The van der Waals surface area contributed by atoms with Gasteiger partial charge in [0.15, 0.2) is 0 Å². The first-order valence-electron chi connectivity index (χ1n) is 18.6. The highest BCUT2D eigenvalue weighted by Gasteiger charge is 2.15. The summed E-state index contributed by atoms with van der Waals surface area (Å²) in [5.74, 6) is 0.0928. The molecule has 244 valence electrons. The van der Waals surface area contributed by atoms with Crippen LogP contribution in [0.4, 0.5) is 0 Å². The van der Waals surface area contributed by atoms with Crippen LogP contribution in [0.3, 0.4) is 0 Å². The first-order chi connectivity index (χ1) is 20.1. The Hall–Kier alpha value is -1.06. The van der Waals surface area contributed by atoms with Gasteiger partial charge in [-0.05, 0) is 38.5 Å². The Bertz CT molecular complexity index is 550. The first kappa shape index (κ1) is 39.9. The lowest BCUT2D eigenvalue weighted by Gasteiger charge is -2.18. The molecule has 0 saturated heterocycles. The predicted molar refractivity (Wildman–Crippen MR) is 178 cm³/mol. The van der Waals surface area contributed by atoms with Crippen molar-refractivity contribution in [3.05, 3.63) is 0 Å². The van der Waals surface area contributed by atoms with Crippen molar-refractivity contribution in [1.29, 1.82) is 0 Å². The van der Waals surface area contributed by atoms with Crippen LogP contribution in [0.1, 0.15) is 213 Å². The number of amides is 1. The fourth-order valence-electron chi connectivity index (χ4n) is 5.67. The maximum Gasteiger partial charge on any atom is 0.306 e. The highest BCUT2D eigenvalue weighted by atomic mass is 16.5. The molecular formula is C37H73NO3. The molecule has 1 atom stereocenters. The van der Waals surface area contributed by atoms with Crippen LogP contribution < -0.4 is 5.32 Å². The molecule has 0 aliphatic carbocycles. The van der Waals surface area contributed by atoms with E-state index < -0.39 is 0 Å². The van der Waals surface area contributed by atoms with Crippen molar-refractivity contribution in [3.63, 3.8) is 0 Å². The third-order valence-electron chi connectivity index (χ3n) is 8.41. The van der Waals surface area contributed by atoms with E-state index in [0.717, 1.165) is 51.5 Å². The number of hydrogen-bond donors (Lipinski definition) is 1. The van der Waals surface area contributed by atoms with Crippen molar-refractivity contribution in [1.82, 2.24) is 5.32 Å². The minimum atomic E-state index is -0.0309. The van der Waals surface area contributed by atoms with Crippen LogP contribution in [-0.4, -0.2) is 24.5 Å². The Morgan fingerprint density at radius 3 is 1.29 bits per heavy atom. The van der Waals surface area contributed by atoms with Gasteiger partial charge in [-0.2, -0.15) is 0 Å².